The number of aryl methyl sites for hydroxylation is 1. The first-order valence-corrected chi connectivity index (χ1v) is 8.81. The smallest absolute Gasteiger partial charge is 0.291 e. The number of anilines is 1. The molecule has 4 rings (SSSR count). The summed E-state index contributed by atoms with van der Waals surface area (Å²) in [5, 5.41) is 5.66. The van der Waals surface area contributed by atoms with Gasteiger partial charge in [0.1, 0.15) is 11.9 Å². The zero-order valence-electron chi connectivity index (χ0n) is 14.9. The Hall–Kier alpha value is -3.13. The highest BCUT2D eigenvalue weighted by Crippen LogP contribution is 2.20. The molecule has 1 aliphatic heterocycles. The topological polar surface area (TPSA) is 98.4 Å². The summed E-state index contributed by atoms with van der Waals surface area (Å²) in [6.07, 6.45) is 2.76. The van der Waals surface area contributed by atoms with Crippen LogP contribution in [-0.4, -0.2) is 34.1 Å². The van der Waals surface area contributed by atoms with Crippen molar-refractivity contribution in [3.63, 3.8) is 0 Å². The largest absolute Gasteiger partial charge is 0.459 e. The Morgan fingerprint density at radius 2 is 2.22 bits per heavy atom. The van der Waals surface area contributed by atoms with E-state index in [-0.39, 0.29) is 23.7 Å². The molecule has 8 heteroatoms. The lowest BCUT2D eigenvalue weighted by atomic mass is 10.2. The molecule has 0 aliphatic carbocycles. The summed E-state index contributed by atoms with van der Waals surface area (Å²) < 4.78 is 12.4. The van der Waals surface area contributed by atoms with E-state index in [1.165, 1.54) is 6.26 Å². The van der Waals surface area contributed by atoms with Crippen LogP contribution in [0.3, 0.4) is 0 Å². The molecule has 3 aromatic rings. The number of fused-ring (bicyclic) bond motifs is 1. The van der Waals surface area contributed by atoms with Gasteiger partial charge < -0.3 is 24.4 Å². The van der Waals surface area contributed by atoms with E-state index in [0.29, 0.717) is 18.8 Å². The van der Waals surface area contributed by atoms with Gasteiger partial charge in [0.05, 0.1) is 23.8 Å². The Morgan fingerprint density at radius 3 is 2.96 bits per heavy atom. The highest BCUT2D eigenvalue weighted by atomic mass is 16.5. The Bertz CT molecular complexity index is 971. The predicted molar refractivity (Wildman–Crippen MR) is 98.2 cm³/mol. The lowest BCUT2D eigenvalue weighted by Crippen LogP contribution is -2.34. The fourth-order valence-corrected chi connectivity index (χ4v) is 3.15. The van der Waals surface area contributed by atoms with Crippen molar-refractivity contribution in [3.05, 3.63) is 48.2 Å². The van der Waals surface area contributed by atoms with Gasteiger partial charge in [0.25, 0.3) is 5.91 Å². The first-order valence-electron chi connectivity index (χ1n) is 8.81. The number of hydrogen-bond donors (Lipinski definition) is 2. The van der Waals surface area contributed by atoms with E-state index in [4.69, 9.17) is 9.15 Å². The van der Waals surface area contributed by atoms with E-state index in [0.717, 1.165) is 29.7 Å². The molecule has 0 spiro atoms. The summed E-state index contributed by atoms with van der Waals surface area (Å²) in [4.78, 5) is 28.8. The molecule has 2 amide bonds. The molecular formula is C19H20N4O4. The standard InChI is InChI=1S/C19H20N4O4/c1-23-14-7-6-12(21-19(25)16-5-3-9-27-16)10-13(14)22-17(23)11-20-18(24)15-4-2-8-26-15/h3,5-7,9-10,15H,2,4,8,11H2,1H3,(H,20,24)(H,21,25)/t15-/m1/s1. The summed E-state index contributed by atoms with van der Waals surface area (Å²) in [7, 11) is 1.89. The summed E-state index contributed by atoms with van der Waals surface area (Å²) in [6, 6.07) is 8.74. The molecule has 2 N–H and O–H groups in total. The first kappa shape index (κ1) is 17.3. The van der Waals surface area contributed by atoms with Gasteiger partial charge in [0.15, 0.2) is 5.76 Å². The molecule has 0 saturated carbocycles. The summed E-state index contributed by atoms with van der Waals surface area (Å²) in [5.74, 6) is 0.546. The van der Waals surface area contributed by atoms with Gasteiger partial charge in [-0.05, 0) is 43.2 Å². The number of nitrogens with one attached hydrogen (secondary N) is 2. The number of aromatic nitrogens is 2. The van der Waals surface area contributed by atoms with Gasteiger partial charge in [-0.3, -0.25) is 9.59 Å². The highest BCUT2D eigenvalue weighted by molar-refractivity contribution is 6.03. The van der Waals surface area contributed by atoms with Gasteiger partial charge >= 0.3 is 0 Å². The van der Waals surface area contributed by atoms with Crippen molar-refractivity contribution >= 4 is 28.5 Å². The lowest BCUT2D eigenvalue weighted by Gasteiger charge is -2.10. The maximum atomic E-state index is 12.1. The van der Waals surface area contributed by atoms with Crippen LogP contribution in [0.25, 0.3) is 11.0 Å². The van der Waals surface area contributed by atoms with E-state index in [9.17, 15) is 9.59 Å². The molecular weight excluding hydrogens is 348 g/mol. The maximum absolute atomic E-state index is 12.1. The average molecular weight is 368 g/mol. The Kier molecular flexibility index (Phi) is 4.64. The first-order chi connectivity index (χ1) is 13.1. The number of benzene rings is 1. The van der Waals surface area contributed by atoms with Crippen molar-refractivity contribution in [2.45, 2.75) is 25.5 Å². The third-order valence-electron chi connectivity index (χ3n) is 4.62. The van der Waals surface area contributed by atoms with E-state index >= 15 is 0 Å². The normalized spacial score (nSPS) is 16.6. The maximum Gasteiger partial charge on any atom is 0.291 e. The summed E-state index contributed by atoms with van der Waals surface area (Å²) in [6.45, 7) is 0.953. The second kappa shape index (κ2) is 7.24. The van der Waals surface area contributed by atoms with E-state index in [2.05, 4.69) is 15.6 Å². The van der Waals surface area contributed by atoms with Crippen molar-refractivity contribution in [1.82, 2.24) is 14.9 Å². The average Bonchev–Trinajstić information content (AvgIpc) is 3.42. The van der Waals surface area contributed by atoms with Crippen molar-refractivity contribution in [3.8, 4) is 0 Å². The van der Waals surface area contributed by atoms with Gasteiger partial charge in [-0.2, -0.15) is 0 Å². The molecule has 1 atom stereocenters. The number of hydrogen-bond acceptors (Lipinski definition) is 5. The predicted octanol–water partition coefficient (Wildman–Crippen LogP) is 2.21. The van der Waals surface area contributed by atoms with Crippen LogP contribution in [0.2, 0.25) is 0 Å². The zero-order chi connectivity index (χ0) is 18.8. The molecule has 1 aromatic carbocycles. The van der Waals surface area contributed by atoms with Crippen LogP contribution in [0.15, 0.2) is 41.0 Å². The highest BCUT2D eigenvalue weighted by Gasteiger charge is 2.23. The fraction of sp³-hybridized carbons (Fsp3) is 0.316. The molecule has 1 aliphatic rings. The van der Waals surface area contributed by atoms with Crippen molar-refractivity contribution in [2.24, 2.45) is 7.05 Å². The number of carbonyl (C=O) groups excluding carboxylic acids is 2. The van der Waals surface area contributed by atoms with Crippen LogP contribution in [0.4, 0.5) is 5.69 Å². The van der Waals surface area contributed by atoms with Crippen LogP contribution in [0.5, 0.6) is 0 Å². The number of imidazole rings is 1. The minimum Gasteiger partial charge on any atom is -0.459 e. The quantitative estimate of drug-likeness (QED) is 0.719. The van der Waals surface area contributed by atoms with Gasteiger partial charge in [-0.1, -0.05) is 0 Å². The Morgan fingerprint density at radius 1 is 1.33 bits per heavy atom. The van der Waals surface area contributed by atoms with E-state index < -0.39 is 0 Å². The fourth-order valence-electron chi connectivity index (χ4n) is 3.15. The van der Waals surface area contributed by atoms with Crippen LogP contribution >= 0.6 is 0 Å². The second-order valence-corrected chi connectivity index (χ2v) is 6.44. The Balaban J connectivity index is 1.47. The third-order valence-corrected chi connectivity index (χ3v) is 4.62. The van der Waals surface area contributed by atoms with Crippen molar-refractivity contribution < 1.29 is 18.7 Å². The molecule has 0 unspecified atom stereocenters. The summed E-state index contributed by atoms with van der Waals surface area (Å²) >= 11 is 0. The SMILES string of the molecule is Cn1c(CNC(=O)[C@H]2CCCO2)nc2cc(NC(=O)c3ccco3)ccc21. The molecule has 1 fully saturated rings. The molecule has 0 radical (unpaired) electrons. The minimum atomic E-state index is -0.358. The van der Waals surface area contributed by atoms with E-state index in [1.54, 1.807) is 24.3 Å². The minimum absolute atomic E-state index is 0.106. The zero-order valence-corrected chi connectivity index (χ0v) is 14.9. The molecule has 0 bridgehead atoms. The van der Waals surface area contributed by atoms with E-state index in [1.807, 2.05) is 17.7 Å². The Labute approximate surface area is 155 Å². The second-order valence-electron chi connectivity index (χ2n) is 6.44. The van der Waals surface area contributed by atoms with Gasteiger partial charge in [-0.15, -0.1) is 0 Å². The van der Waals surface area contributed by atoms with Crippen LogP contribution in [-0.2, 0) is 23.1 Å². The lowest BCUT2D eigenvalue weighted by molar-refractivity contribution is -0.130. The molecule has 27 heavy (non-hydrogen) atoms. The number of furan rings is 1. The van der Waals surface area contributed by atoms with Gasteiger partial charge in [0.2, 0.25) is 5.91 Å². The number of carbonyl (C=O) groups is 2. The molecule has 140 valence electrons. The molecule has 8 nitrogen and oxygen atoms in total. The molecule has 3 heterocycles. The summed E-state index contributed by atoms with van der Waals surface area (Å²) in [5.41, 5.74) is 2.26. The third kappa shape index (κ3) is 3.56. The monoisotopic (exact) mass is 368 g/mol. The van der Waals surface area contributed by atoms with Crippen LogP contribution in [0.1, 0.15) is 29.2 Å². The van der Waals surface area contributed by atoms with Crippen LogP contribution < -0.4 is 10.6 Å². The van der Waals surface area contributed by atoms with Crippen LogP contribution in [0, 0.1) is 0 Å². The number of amides is 2. The van der Waals surface area contributed by atoms with Crippen molar-refractivity contribution in [1.29, 1.82) is 0 Å². The molecule has 2 aromatic heterocycles. The van der Waals surface area contributed by atoms with Crippen molar-refractivity contribution in [2.75, 3.05) is 11.9 Å². The number of rotatable bonds is 5. The molecule has 1 saturated heterocycles. The van der Waals surface area contributed by atoms with Gasteiger partial charge in [0, 0.05) is 19.3 Å². The number of ether oxygens (including phenoxy) is 1. The number of nitrogens with zero attached hydrogens (tertiary/aromatic N) is 2. The van der Waals surface area contributed by atoms with Gasteiger partial charge in [-0.25, -0.2) is 4.98 Å².